The van der Waals surface area contributed by atoms with Gasteiger partial charge >= 0.3 is 6.18 Å². The Balaban J connectivity index is 1.63. The lowest BCUT2D eigenvalue weighted by molar-refractivity contribution is -0.137. The molecule has 8 heteroatoms. The first kappa shape index (κ1) is 17.9. The van der Waals surface area contributed by atoms with Crippen molar-refractivity contribution in [1.82, 2.24) is 10.3 Å². The Morgan fingerprint density at radius 2 is 1.92 bits per heavy atom. The number of amides is 1. The zero-order chi connectivity index (χ0) is 18.6. The Kier molecular flexibility index (Phi) is 5.22. The van der Waals surface area contributed by atoms with E-state index >= 15 is 0 Å². The maximum atomic E-state index is 12.7. The summed E-state index contributed by atoms with van der Waals surface area (Å²) in [6.07, 6.45) is -3.43. The van der Waals surface area contributed by atoms with Crippen LogP contribution in [0.2, 0.25) is 0 Å². The van der Waals surface area contributed by atoms with Gasteiger partial charge in [-0.2, -0.15) is 13.2 Å². The molecule has 0 radical (unpaired) electrons. The summed E-state index contributed by atoms with van der Waals surface area (Å²) < 4.78 is 43.4. The molecule has 0 saturated heterocycles. The van der Waals surface area contributed by atoms with Crippen LogP contribution in [0.5, 0.6) is 11.6 Å². The molecule has 1 N–H and O–H groups in total. The average molecular weight is 378 g/mol. The van der Waals surface area contributed by atoms with E-state index < -0.39 is 11.7 Å². The highest BCUT2D eigenvalue weighted by molar-refractivity contribution is 7.09. The smallest absolute Gasteiger partial charge is 0.416 e. The highest BCUT2D eigenvalue weighted by Crippen LogP contribution is 2.31. The normalized spacial score (nSPS) is 11.2. The first-order valence-corrected chi connectivity index (χ1v) is 8.41. The van der Waals surface area contributed by atoms with Crippen molar-refractivity contribution in [2.24, 2.45) is 0 Å². The number of alkyl halides is 3. The van der Waals surface area contributed by atoms with Gasteiger partial charge in [0.1, 0.15) is 5.75 Å². The SMILES string of the molecule is O=C(NCc1cccs1)c1ccc(Oc2cc(C(F)(F)F)ccn2)cc1. The summed E-state index contributed by atoms with van der Waals surface area (Å²) in [5.41, 5.74) is -0.419. The molecule has 0 atom stereocenters. The second-order valence-electron chi connectivity index (χ2n) is 5.27. The Hall–Kier alpha value is -2.87. The average Bonchev–Trinajstić information content (AvgIpc) is 3.13. The molecule has 0 bridgehead atoms. The number of nitrogens with one attached hydrogen (secondary N) is 1. The van der Waals surface area contributed by atoms with Crippen LogP contribution < -0.4 is 10.1 Å². The number of carbonyl (C=O) groups is 1. The predicted molar refractivity (Wildman–Crippen MR) is 91.2 cm³/mol. The van der Waals surface area contributed by atoms with Crippen LogP contribution in [-0.4, -0.2) is 10.9 Å². The highest BCUT2D eigenvalue weighted by atomic mass is 32.1. The van der Waals surface area contributed by atoms with Crippen LogP contribution >= 0.6 is 11.3 Å². The first-order chi connectivity index (χ1) is 12.4. The van der Waals surface area contributed by atoms with Crippen molar-refractivity contribution in [3.8, 4) is 11.6 Å². The van der Waals surface area contributed by atoms with Gasteiger partial charge in [0.05, 0.1) is 12.1 Å². The van der Waals surface area contributed by atoms with Crippen molar-refractivity contribution < 1.29 is 22.7 Å². The number of nitrogens with zero attached hydrogens (tertiary/aromatic N) is 1. The molecule has 26 heavy (non-hydrogen) atoms. The quantitative estimate of drug-likeness (QED) is 0.688. The van der Waals surface area contributed by atoms with Crippen molar-refractivity contribution >= 4 is 17.2 Å². The van der Waals surface area contributed by atoms with Gasteiger partial charge in [0.2, 0.25) is 5.88 Å². The van der Waals surface area contributed by atoms with Crippen LogP contribution in [0.4, 0.5) is 13.2 Å². The molecule has 0 aliphatic heterocycles. The van der Waals surface area contributed by atoms with Crippen molar-refractivity contribution in [1.29, 1.82) is 0 Å². The number of aromatic nitrogens is 1. The topological polar surface area (TPSA) is 51.2 Å². The number of hydrogen-bond donors (Lipinski definition) is 1. The van der Waals surface area contributed by atoms with Gasteiger partial charge in [-0.3, -0.25) is 4.79 Å². The third-order valence-corrected chi connectivity index (χ3v) is 4.28. The number of rotatable bonds is 5. The molecule has 2 aromatic heterocycles. The fourth-order valence-corrected chi connectivity index (χ4v) is 2.76. The molecule has 0 saturated carbocycles. The molecule has 134 valence electrons. The molecule has 0 aliphatic rings. The molecule has 0 aliphatic carbocycles. The van der Waals surface area contributed by atoms with E-state index in [2.05, 4.69) is 10.3 Å². The number of pyridine rings is 1. The lowest BCUT2D eigenvalue weighted by Crippen LogP contribution is -2.22. The predicted octanol–water partition coefficient (Wildman–Crippen LogP) is 4.88. The largest absolute Gasteiger partial charge is 0.439 e. The monoisotopic (exact) mass is 378 g/mol. The summed E-state index contributed by atoms with van der Waals surface area (Å²) in [6.45, 7) is 0.433. The molecular formula is C18H13F3N2O2S. The lowest BCUT2D eigenvalue weighted by atomic mass is 10.2. The van der Waals surface area contributed by atoms with Crippen molar-refractivity contribution in [3.63, 3.8) is 0 Å². The van der Waals surface area contributed by atoms with Gasteiger partial charge in [0, 0.05) is 22.7 Å². The number of hydrogen-bond acceptors (Lipinski definition) is 4. The van der Waals surface area contributed by atoms with Crippen LogP contribution in [-0.2, 0) is 12.7 Å². The summed E-state index contributed by atoms with van der Waals surface area (Å²) in [7, 11) is 0. The van der Waals surface area contributed by atoms with E-state index in [0.29, 0.717) is 12.1 Å². The number of thiophene rings is 1. The zero-order valence-corrected chi connectivity index (χ0v) is 14.1. The van der Waals surface area contributed by atoms with E-state index in [9.17, 15) is 18.0 Å². The third-order valence-electron chi connectivity index (χ3n) is 3.40. The number of carbonyl (C=O) groups excluding carboxylic acids is 1. The van der Waals surface area contributed by atoms with Crippen molar-refractivity contribution in [3.05, 3.63) is 76.1 Å². The van der Waals surface area contributed by atoms with Crippen molar-refractivity contribution in [2.75, 3.05) is 0 Å². The summed E-state index contributed by atoms with van der Waals surface area (Å²) >= 11 is 1.54. The zero-order valence-electron chi connectivity index (χ0n) is 13.3. The standard InChI is InChI=1S/C18H13F3N2O2S/c19-18(20,21)13-7-8-22-16(10-13)25-14-5-3-12(4-6-14)17(24)23-11-15-2-1-9-26-15/h1-10H,11H2,(H,23,24). The minimum absolute atomic E-state index is 0.172. The van der Waals surface area contributed by atoms with Gasteiger partial charge < -0.3 is 10.1 Å². The van der Waals surface area contributed by atoms with E-state index in [0.717, 1.165) is 23.2 Å². The third kappa shape index (κ3) is 4.60. The van der Waals surface area contributed by atoms with Crippen LogP contribution in [0.15, 0.2) is 60.1 Å². The maximum Gasteiger partial charge on any atom is 0.416 e. The van der Waals surface area contributed by atoms with Crippen LogP contribution in [0, 0.1) is 0 Å². The molecule has 4 nitrogen and oxygen atoms in total. The Morgan fingerprint density at radius 1 is 1.15 bits per heavy atom. The van der Waals surface area contributed by atoms with Crippen LogP contribution in [0.1, 0.15) is 20.8 Å². The fourth-order valence-electron chi connectivity index (χ4n) is 2.12. The number of ether oxygens (including phenoxy) is 1. The van der Waals surface area contributed by atoms with Gasteiger partial charge in [0.15, 0.2) is 0 Å². The van der Waals surface area contributed by atoms with E-state index in [-0.39, 0.29) is 17.5 Å². The molecule has 0 fully saturated rings. The molecule has 1 amide bonds. The molecule has 3 aromatic rings. The van der Waals surface area contributed by atoms with E-state index in [4.69, 9.17) is 4.74 Å². The van der Waals surface area contributed by atoms with Gasteiger partial charge in [-0.15, -0.1) is 11.3 Å². The number of halogens is 3. The summed E-state index contributed by atoms with van der Waals surface area (Å²) in [4.78, 5) is 16.9. The molecule has 3 rings (SSSR count). The van der Waals surface area contributed by atoms with Crippen molar-refractivity contribution in [2.45, 2.75) is 12.7 Å². The van der Waals surface area contributed by atoms with Gasteiger partial charge in [-0.05, 0) is 41.8 Å². The minimum Gasteiger partial charge on any atom is -0.439 e. The van der Waals surface area contributed by atoms with E-state index in [1.807, 2.05) is 17.5 Å². The Labute approximate surface area is 151 Å². The van der Waals surface area contributed by atoms with Gasteiger partial charge in [-0.25, -0.2) is 4.98 Å². The second-order valence-corrected chi connectivity index (χ2v) is 6.30. The molecule has 0 unspecified atom stereocenters. The molecule has 1 aromatic carbocycles. The van der Waals surface area contributed by atoms with Crippen LogP contribution in [0.3, 0.4) is 0 Å². The van der Waals surface area contributed by atoms with E-state index in [1.165, 1.54) is 24.3 Å². The lowest BCUT2D eigenvalue weighted by Gasteiger charge is -2.09. The second kappa shape index (κ2) is 7.57. The van der Waals surface area contributed by atoms with Gasteiger partial charge in [-0.1, -0.05) is 6.07 Å². The van der Waals surface area contributed by atoms with Gasteiger partial charge in [0.25, 0.3) is 5.91 Å². The summed E-state index contributed by atoms with van der Waals surface area (Å²) in [5, 5.41) is 4.71. The first-order valence-electron chi connectivity index (χ1n) is 7.53. The number of benzene rings is 1. The summed E-state index contributed by atoms with van der Waals surface area (Å²) in [5.74, 6) is -0.136. The Morgan fingerprint density at radius 3 is 2.58 bits per heavy atom. The summed E-state index contributed by atoms with van der Waals surface area (Å²) in [6, 6.07) is 11.6. The van der Waals surface area contributed by atoms with Crippen LogP contribution in [0.25, 0.3) is 0 Å². The fraction of sp³-hybridized carbons (Fsp3) is 0.111. The Bertz CT molecular complexity index is 878. The molecular weight excluding hydrogens is 365 g/mol. The maximum absolute atomic E-state index is 12.7. The molecule has 0 spiro atoms. The van der Waals surface area contributed by atoms with E-state index in [1.54, 1.807) is 11.3 Å². The molecule has 2 heterocycles. The highest BCUT2D eigenvalue weighted by Gasteiger charge is 2.31. The minimum atomic E-state index is -4.47.